The van der Waals surface area contributed by atoms with E-state index in [1.807, 2.05) is 17.0 Å². The Kier molecular flexibility index (Phi) is 5.59. The molecule has 3 heterocycles. The summed E-state index contributed by atoms with van der Waals surface area (Å²) < 4.78 is 14.0. The summed E-state index contributed by atoms with van der Waals surface area (Å²) in [6, 6.07) is 10.4. The number of hydrogen-bond acceptors (Lipinski definition) is 5. The lowest BCUT2D eigenvalue weighted by molar-refractivity contribution is -0.118. The van der Waals surface area contributed by atoms with Gasteiger partial charge in [-0.2, -0.15) is 0 Å². The molecule has 0 N–H and O–H groups in total. The Morgan fingerprint density at radius 3 is 2.21 bits per heavy atom. The molecule has 0 radical (unpaired) electrons. The highest BCUT2D eigenvalue weighted by Crippen LogP contribution is 2.21. The van der Waals surface area contributed by atoms with Crippen molar-refractivity contribution >= 4 is 23.7 Å². The predicted molar refractivity (Wildman–Crippen MR) is 109 cm³/mol. The largest absolute Gasteiger partial charge is 0.367 e. The third kappa shape index (κ3) is 4.16. The second-order valence-electron chi connectivity index (χ2n) is 7.26. The molecule has 8 heteroatoms. The summed E-state index contributed by atoms with van der Waals surface area (Å²) >= 11 is 0. The highest BCUT2D eigenvalue weighted by molar-refractivity contribution is 5.92. The van der Waals surface area contributed by atoms with Crippen LogP contribution in [-0.2, 0) is 4.79 Å². The number of aromatic nitrogens is 1. The number of anilines is 2. The normalized spacial score (nSPS) is 17.4. The third-order valence-corrected chi connectivity index (χ3v) is 5.56. The zero-order valence-electron chi connectivity index (χ0n) is 16.2. The van der Waals surface area contributed by atoms with Gasteiger partial charge in [0, 0.05) is 52.4 Å². The number of amides is 2. The first-order valence-corrected chi connectivity index (χ1v) is 9.85. The van der Waals surface area contributed by atoms with Gasteiger partial charge < -0.3 is 19.6 Å². The highest BCUT2D eigenvalue weighted by atomic mass is 19.1. The maximum absolute atomic E-state index is 14.0. The molecule has 2 fully saturated rings. The molecular weight excluding hydrogens is 373 g/mol. The molecule has 2 saturated heterocycles. The number of para-hydroxylation sites is 1. The molecule has 152 valence electrons. The molecule has 2 aliphatic rings. The van der Waals surface area contributed by atoms with Gasteiger partial charge in [0.15, 0.2) is 0 Å². The SMILES string of the molecule is O=CN1CCN(c2ccc(C(=O)N3CCN(c4ccccc4F)CC3)nc2)CC1. The number of benzene rings is 1. The van der Waals surface area contributed by atoms with Gasteiger partial charge in [-0.05, 0) is 24.3 Å². The second-order valence-corrected chi connectivity index (χ2v) is 7.26. The Morgan fingerprint density at radius 1 is 0.897 bits per heavy atom. The number of carbonyl (C=O) groups is 2. The standard InChI is InChI=1S/C21H24FN5O2/c22-18-3-1-2-4-20(18)26-11-13-27(14-12-26)21(29)19-6-5-17(15-23-19)25-9-7-24(16-28)8-10-25/h1-6,15-16H,7-14H2. The van der Waals surface area contributed by atoms with E-state index in [1.54, 1.807) is 34.2 Å². The maximum Gasteiger partial charge on any atom is 0.272 e. The predicted octanol–water partition coefficient (Wildman–Crippen LogP) is 1.46. The molecule has 1 aromatic carbocycles. The summed E-state index contributed by atoms with van der Waals surface area (Å²) in [6.45, 7) is 5.14. The van der Waals surface area contributed by atoms with Crippen LogP contribution in [0.5, 0.6) is 0 Å². The van der Waals surface area contributed by atoms with Crippen LogP contribution in [0.4, 0.5) is 15.8 Å². The molecule has 0 aliphatic carbocycles. The molecule has 0 unspecified atom stereocenters. The average molecular weight is 397 g/mol. The molecule has 0 spiro atoms. The van der Waals surface area contributed by atoms with Crippen LogP contribution >= 0.6 is 0 Å². The molecule has 29 heavy (non-hydrogen) atoms. The fraction of sp³-hybridized carbons (Fsp3) is 0.381. The van der Waals surface area contributed by atoms with Gasteiger partial charge in [-0.15, -0.1) is 0 Å². The lowest BCUT2D eigenvalue weighted by Gasteiger charge is -2.36. The molecule has 0 bridgehead atoms. The fourth-order valence-electron chi connectivity index (χ4n) is 3.81. The van der Waals surface area contributed by atoms with Crippen molar-refractivity contribution in [1.82, 2.24) is 14.8 Å². The minimum atomic E-state index is -0.237. The van der Waals surface area contributed by atoms with Gasteiger partial charge in [0.05, 0.1) is 17.6 Å². The Hall–Kier alpha value is -3.16. The first kappa shape index (κ1) is 19.2. The molecule has 2 aromatic rings. The van der Waals surface area contributed by atoms with Gasteiger partial charge in [-0.1, -0.05) is 12.1 Å². The van der Waals surface area contributed by atoms with Crippen molar-refractivity contribution in [2.75, 3.05) is 62.2 Å². The molecule has 0 saturated carbocycles. The van der Waals surface area contributed by atoms with Gasteiger partial charge in [0.2, 0.25) is 6.41 Å². The first-order valence-electron chi connectivity index (χ1n) is 9.85. The number of halogens is 1. The average Bonchev–Trinajstić information content (AvgIpc) is 2.79. The Labute approximate surface area is 169 Å². The first-order chi connectivity index (χ1) is 14.2. The Bertz CT molecular complexity index is 860. The molecule has 1 aromatic heterocycles. The van der Waals surface area contributed by atoms with Crippen molar-refractivity contribution in [2.45, 2.75) is 0 Å². The van der Waals surface area contributed by atoms with Crippen LogP contribution in [0.3, 0.4) is 0 Å². The second kappa shape index (κ2) is 8.46. The van der Waals surface area contributed by atoms with E-state index in [0.29, 0.717) is 50.6 Å². The molecule has 4 rings (SSSR count). The van der Waals surface area contributed by atoms with E-state index in [-0.39, 0.29) is 11.7 Å². The summed E-state index contributed by atoms with van der Waals surface area (Å²) in [5, 5.41) is 0. The Balaban J connectivity index is 1.34. The lowest BCUT2D eigenvalue weighted by atomic mass is 10.2. The highest BCUT2D eigenvalue weighted by Gasteiger charge is 2.24. The van der Waals surface area contributed by atoms with E-state index in [0.717, 1.165) is 25.2 Å². The van der Waals surface area contributed by atoms with Crippen molar-refractivity contribution in [3.05, 3.63) is 54.1 Å². The van der Waals surface area contributed by atoms with Gasteiger partial charge in [-0.25, -0.2) is 9.37 Å². The van der Waals surface area contributed by atoms with Crippen LogP contribution in [-0.4, -0.2) is 79.5 Å². The third-order valence-electron chi connectivity index (χ3n) is 5.56. The zero-order chi connectivity index (χ0) is 20.2. The number of pyridine rings is 1. The molecule has 0 atom stereocenters. The van der Waals surface area contributed by atoms with Crippen LogP contribution in [0.2, 0.25) is 0 Å². The van der Waals surface area contributed by atoms with Crippen molar-refractivity contribution in [2.24, 2.45) is 0 Å². The van der Waals surface area contributed by atoms with E-state index in [2.05, 4.69) is 9.88 Å². The molecule has 2 aliphatic heterocycles. The van der Waals surface area contributed by atoms with Crippen LogP contribution < -0.4 is 9.80 Å². The maximum atomic E-state index is 14.0. The number of carbonyl (C=O) groups excluding carboxylic acids is 2. The monoisotopic (exact) mass is 397 g/mol. The number of hydrogen-bond donors (Lipinski definition) is 0. The Morgan fingerprint density at radius 2 is 1.59 bits per heavy atom. The minimum absolute atomic E-state index is 0.101. The van der Waals surface area contributed by atoms with Crippen LogP contribution in [0.1, 0.15) is 10.5 Å². The minimum Gasteiger partial charge on any atom is -0.367 e. The zero-order valence-corrected chi connectivity index (χ0v) is 16.2. The van der Waals surface area contributed by atoms with Gasteiger partial charge in [-0.3, -0.25) is 9.59 Å². The smallest absolute Gasteiger partial charge is 0.272 e. The van der Waals surface area contributed by atoms with E-state index in [9.17, 15) is 14.0 Å². The number of nitrogens with zero attached hydrogens (tertiary/aromatic N) is 5. The van der Waals surface area contributed by atoms with Crippen molar-refractivity contribution < 1.29 is 14.0 Å². The van der Waals surface area contributed by atoms with E-state index < -0.39 is 0 Å². The summed E-state index contributed by atoms with van der Waals surface area (Å²) in [4.78, 5) is 35.6. The molecule has 7 nitrogen and oxygen atoms in total. The topological polar surface area (TPSA) is 60.0 Å². The number of rotatable bonds is 4. The van der Waals surface area contributed by atoms with Crippen LogP contribution in [0.25, 0.3) is 0 Å². The fourth-order valence-corrected chi connectivity index (χ4v) is 3.81. The quantitative estimate of drug-likeness (QED) is 0.731. The van der Waals surface area contributed by atoms with Crippen molar-refractivity contribution in [3.8, 4) is 0 Å². The summed E-state index contributed by atoms with van der Waals surface area (Å²) in [6.07, 6.45) is 2.60. The van der Waals surface area contributed by atoms with E-state index >= 15 is 0 Å². The van der Waals surface area contributed by atoms with E-state index in [1.165, 1.54) is 6.07 Å². The summed E-state index contributed by atoms with van der Waals surface area (Å²) in [5.41, 5.74) is 1.95. The number of piperazine rings is 2. The van der Waals surface area contributed by atoms with E-state index in [4.69, 9.17) is 0 Å². The molecule has 2 amide bonds. The van der Waals surface area contributed by atoms with Crippen LogP contribution in [0, 0.1) is 5.82 Å². The summed E-state index contributed by atoms with van der Waals surface area (Å²) in [5.74, 6) is -0.339. The lowest BCUT2D eigenvalue weighted by Crippen LogP contribution is -2.49. The van der Waals surface area contributed by atoms with Crippen LogP contribution in [0.15, 0.2) is 42.6 Å². The summed E-state index contributed by atoms with van der Waals surface area (Å²) in [7, 11) is 0. The van der Waals surface area contributed by atoms with Crippen molar-refractivity contribution in [1.29, 1.82) is 0 Å². The van der Waals surface area contributed by atoms with Gasteiger partial charge >= 0.3 is 0 Å². The van der Waals surface area contributed by atoms with Gasteiger partial charge in [0.25, 0.3) is 5.91 Å². The van der Waals surface area contributed by atoms with Gasteiger partial charge in [0.1, 0.15) is 11.5 Å². The molecular formula is C21H24FN5O2. The van der Waals surface area contributed by atoms with Crippen molar-refractivity contribution in [3.63, 3.8) is 0 Å².